The van der Waals surface area contributed by atoms with E-state index in [4.69, 9.17) is 11.6 Å². The Morgan fingerprint density at radius 2 is 2.11 bits per heavy atom. The van der Waals surface area contributed by atoms with E-state index in [1.807, 2.05) is 12.1 Å². The summed E-state index contributed by atoms with van der Waals surface area (Å²) >= 11 is 6.33. The highest BCUT2D eigenvalue weighted by molar-refractivity contribution is 6.33. The molecule has 0 heterocycles. The number of rotatable bonds is 7. The SMILES string of the molecule is CCNCc1cccc(Cl)c1N(CCO)C(C)C. The van der Waals surface area contributed by atoms with Gasteiger partial charge in [0.05, 0.1) is 17.3 Å². The second-order valence-electron chi connectivity index (χ2n) is 4.54. The molecule has 3 nitrogen and oxygen atoms in total. The molecule has 0 bridgehead atoms. The van der Waals surface area contributed by atoms with Crippen molar-refractivity contribution < 1.29 is 5.11 Å². The second kappa shape index (κ2) is 7.62. The van der Waals surface area contributed by atoms with Crippen molar-refractivity contribution in [2.75, 3.05) is 24.6 Å². The third-order valence-corrected chi connectivity index (χ3v) is 3.19. The minimum absolute atomic E-state index is 0.129. The zero-order chi connectivity index (χ0) is 13.5. The molecule has 0 radical (unpaired) electrons. The van der Waals surface area contributed by atoms with Crippen LogP contribution in [0, 0.1) is 0 Å². The topological polar surface area (TPSA) is 35.5 Å². The van der Waals surface area contributed by atoms with Crippen LogP contribution in [-0.4, -0.2) is 30.8 Å². The number of para-hydroxylation sites is 1. The fourth-order valence-corrected chi connectivity index (χ4v) is 2.32. The van der Waals surface area contributed by atoms with Crippen molar-refractivity contribution in [2.45, 2.75) is 33.4 Å². The number of nitrogens with one attached hydrogen (secondary N) is 1. The lowest BCUT2D eigenvalue weighted by Crippen LogP contribution is -2.34. The molecule has 1 aromatic carbocycles. The Morgan fingerprint density at radius 1 is 1.39 bits per heavy atom. The molecular weight excluding hydrogens is 248 g/mol. The van der Waals surface area contributed by atoms with Crippen molar-refractivity contribution >= 4 is 17.3 Å². The standard InChI is InChI=1S/C14H23ClN2O/c1-4-16-10-12-6-5-7-13(15)14(12)17(8-9-18)11(2)3/h5-7,11,16,18H,4,8-10H2,1-3H3. The van der Waals surface area contributed by atoms with Gasteiger partial charge < -0.3 is 15.3 Å². The predicted molar refractivity (Wildman–Crippen MR) is 78.4 cm³/mol. The van der Waals surface area contributed by atoms with Crippen LogP contribution in [-0.2, 0) is 6.54 Å². The first kappa shape index (κ1) is 15.3. The summed E-state index contributed by atoms with van der Waals surface area (Å²) in [6, 6.07) is 6.25. The number of aliphatic hydroxyl groups is 1. The van der Waals surface area contributed by atoms with E-state index in [-0.39, 0.29) is 6.61 Å². The van der Waals surface area contributed by atoms with Crippen LogP contribution in [0.3, 0.4) is 0 Å². The third kappa shape index (κ3) is 3.87. The first-order valence-corrected chi connectivity index (χ1v) is 6.85. The van der Waals surface area contributed by atoms with Gasteiger partial charge in [0.2, 0.25) is 0 Å². The summed E-state index contributed by atoms with van der Waals surface area (Å²) in [5.41, 5.74) is 2.20. The maximum atomic E-state index is 9.20. The number of benzene rings is 1. The number of hydrogen-bond donors (Lipinski definition) is 2. The van der Waals surface area contributed by atoms with Crippen LogP contribution < -0.4 is 10.2 Å². The molecule has 1 rings (SSSR count). The summed E-state index contributed by atoms with van der Waals surface area (Å²) in [5, 5.41) is 13.3. The third-order valence-electron chi connectivity index (χ3n) is 2.89. The Balaban J connectivity index is 3.09. The molecule has 0 unspecified atom stereocenters. The van der Waals surface area contributed by atoms with Gasteiger partial charge in [-0.15, -0.1) is 0 Å². The molecule has 1 aromatic rings. The Hall–Kier alpha value is -0.770. The van der Waals surface area contributed by atoms with Gasteiger partial charge in [-0.25, -0.2) is 0 Å². The summed E-state index contributed by atoms with van der Waals surface area (Å²) in [6.07, 6.45) is 0. The molecule has 0 amide bonds. The summed E-state index contributed by atoms with van der Waals surface area (Å²) in [5.74, 6) is 0. The number of hydrogen-bond acceptors (Lipinski definition) is 3. The molecule has 0 aromatic heterocycles. The molecule has 0 aliphatic heterocycles. The van der Waals surface area contributed by atoms with Gasteiger partial charge in [-0.1, -0.05) is 30.7 Å². The summed E-state index contributed by atoms with van der Waals surface area (Å²) in [7, 11) is 0. The van der Waals surface area contributed by atoms with Crippen LogP contribution in [0.4, 0.5) is 5.69 Å². The monoisotopic (exact) mass is 270 g/mol. The van der Waals surface area contributed by atoms with E-state index in [0.29, 0.717) is 12.6 Å². The van der Waals surface area contributed by atoms with Gasteiger partial charge in [-0.05, 0) is 32.0 Å². The van der Waals surface area contributed by atoms with E-state index in [1.54, 1.807) is 0 Å². The molecule has 0 saturated heterocycles. The number of anilines is 1. The highest BCUT2D eigenvalue weighted by atomic mass is 35.5. The van der Waals surface area contributed by atoms with Gasteiger partial charge in [0.1, 0.15) is 0 Å². The van der Waals surface area contributed by atoms with Gasteiger partial charge in [0, 0.05) is 19.1 Å². The molecule has 0 saturated carbocycles. The van der Waals surface area contributed by atoms with E-state index in [2.05, 4.69) is 37.1 Å². The first-order chi connectivity index (χ1) is 8.61. The van der Waals surface area contributed by atoms with Crippen molar-refractivity contribution in [1.82, 2.24) is 5.32 Å². The lowest BCUT2D eigenvalue weighted by molar-refractivity contribution is 0.299. The summed E-state index contributed by atoms with van der Waals surface area (Å²) in [4.78, 5) is 2.15. The second-order valence-corrected chi connectivity index (χ2v) is 4.95. The van der Waals surface area contributed by atoms with Gasteiger partial charge in [-0.2, -0.15) is 0 Å². The Kier molecular flexibility index (Phi) is 6.47. The molecule has 0 spiro atoms. The molecular formula is C14H23ClN2O. The summed E-state index contributed by atoms with van der Waals surface area (Å²) < 4.78 is 0. The minimum Gasteiger partial charge on any atom is -0.395 e. The van der Waals surface area contributed by atoms with Crippen molar-refractivity contribution in [3.8, 4) is 0 Å². The van der Waals surface area contributed by atoms with Crippen molar-refractivity contribution in [3.63, 3.8) is 0 Å². The average molecular weight is 271 g/mol. The van der Waals surface area contributed by atoms with Gasteiger partial charge >= 0.3 is 0 Å². The van der Waals surface area contributed by atoms with E-state index in [9.17, 15) is 5.11 Å². The zero-order valence-corrected chi connectivity index (χ0v) is 12.2. The molecule has 0 fully saturated rings. The van der Waals surface area contributed by atoms with E-state index < -0.39 is 0 Å². The zero-order valence-electron chi connectivity index (χ0n) is 11.4. The van der Waals surface area contributed by atoms with Crippen LogP contribution in [0.2, 0.25) is 5.02 Å². The first-order valence-electron chi connectivity index (χ1n) is 6.47. The molecule has 102 valence electrons. The van der Waals surface area contributed by atoms with Crippen molar-refractivity contribution in [1.29, 1.82) is 0 Å². The van der Waals surface area contributed by atoms with Gasteiger partial charge in [0.15, 0.2) is 0 Å². The van der Waals surface area contributed by atoms with Crippen molar-refractivity contribution in [2.24, 2.45) is 0 Å². The quantitative estimate of drug-likeness (QED) is 0.800. The normalized spacial score (nSPS) is 11.0. The maximum absolute atomic E-state index is 9.20. The van der Waals surface area contributed by atoms with E-state index >= 15 is 0 Å². The van der Waals surface area contributed by atoms with Gasteiger partial charge in [-0.3, -0.25) is 0 Å². The van der Waals surface area contributed by atoms with Crippen LogP contribution in [0.1, 0.15) is 26.3 Å². The molecule has 4 heteroatoms. The van der Waals surface area contributed by atoms with Crippen LogP contribution in [0.15, 0.2) is 18.2 Å². The van der Waals surface area contributed by atoms with Crippen molar-refractivity contribution in [3.05, 3.63) is 28.8 Å². The number of nitrogens with zero attached hydrogens (tertiary/aromatic N) is 1. The average Bonchev–Trinajstić information content (AvgIpc) is 2.34. The number of halogens is 1. The molecule has 2 N–H and O–H groups in total. The Morgan fingerprint density at radius 3 is 2.67 bits per heavy atom. The lowest BCUT2D eigenvalue weighted by atomic mass is 10.1. The molecule has 0 aliphatic rings. The van der Waals surface area contributed by atoms with Crippen LogP contribution in [0.5, 0.6) is 0 Å². The highest BCUT2D eigenvalue weighted by Crippen LogP contribution is 2.31. The van der Waals surface area contributed by atoms with Crippen LogP contribution in [0.25, 0.3) is 0 Å². The molecule has 0 aliphatic carbocycles. The van der Waals surface area contributed by atoms with E-state index in [0.717, 1.165) is 23.8 Å². The Bertz CT molecular complexity index is 369. The highest BCUT2D eigenvalue weighted by Gasteiger charge is 2.16. The fraction of sp³-hybridized carbons (Fsp3) is 0.571. The van der Waals surface area contributed by atoms with Gasteiger partial charge in [0.25, 0.3) is 0 Å². The van der Waals surface area contributed by atoms with E-state index in [1.165, 1.54) is 5.56 Å². The Labute approximate surface area is 115 Å². The smallest absolute Gasteiger partial charge is 0.0643 e. The number of aliphatic hydroxyl groups excluding tert-OH is 1. The van der Waals surface area contributed by atoms with Crippen LogP contribution >= 0.6 is 11.6 Å². The summed E-state index contributed by atoms with van der Waals surface area (Å²) in [6.45, 7) is 8.74. The minimum atomic E-state index is 0.129. The molecule has 0 atom stereocenters. The predicted octanol–water partition coefficient (Wildman–Crippen LogP) is 2.66. The lowest BCUT2D eigenvalue weighted by Gasteiger charge is -2.31. The maximum Gasteiger partial charge on any atom is 0.0643 e. The molecule has 18 heavy (non-hydrogen) atoms. The largest absolute Gasteiger partial charge is 0.395 e. The fourth-order valence-electron chi connectivity index (χ4n) is 2.02.